The van der Waals surface area contributed by atoms with Gasteiger partial charge in [-0.25, -0.2) is 9.37 Å². The number of aryl methyl sites for hydroxylation is 2. The van der Waals surface area contributed by atoms with Gasteiger partial charge in [0.2, 0.25) is 0 Å². The predicted molar refractivity (Wildman–Crippen MR) is 71.1 cm³/mol. The molecule has 0 unspecified atom stereocenters. The van der Waals surface area contributed by atoms with E-state index < -0.39 is 12.4 Å². The molecule has 0 radical (unpaired) electrons. The fraction of sp³-hybridized carbons (Fsp3) is 0.214. The number of hydrogen-bond acceptors (Lipinski definition) is 3. The van der Waals surface area contributed by atoms with Crippen molar-refractivity contribution in [2.24, 2.45) is 0 Å². The molecule has 0 aliphatic carbocycles. The lowest BCUT2D eigenvalue weighted by Crippen LogP contribution is -1.99. The molecule has 2 rings (SSSR count). The molecule has 0 atom stereocenters. The van der Waals surface area contributed by atoms with E-state index in [0.29, 0.717) is 10.8 Å². The minimum absolute atomic E-state index is 0.147. The lowest BCUT2D eigenvalue weighted by atomic mass is 10.1. The molecule has 100 valence electrons. The summed E-state index contributed by atoms with van der Waals surface area (Å²) >= 11 is 5.93. The zero-order chi connectivity index (χ0) is 14.0. The molecule has 19 heavy (non-hydrogen) atoms. The predicted octanol–water partition coefficient (Wildman–Crippen LogP) is 3.78. The van der Waals surface area contributed by atoms with Gasteiger partial charge >= 0.3 is 0 Å². The van der Waals surface area contributed by atoms with Crippen molar-refractivity contribution in [1.82, 2.24) is 4.98 Å². The fourth-order valence-corrected chi connectivity index (χ4v) is 2.14. The van der Waals surface area contributed by atoms with Crippen LogP contribution in [0.3, 0.4) is 0 Å². The quantitative estimate of drug-likeness (QED) is 0.931. The molecule has 0 saturated carbocycles. The van der Waals surface area contributed by atoms with Crippen molar-refractivity contribution >= 4 is 11.6 Å². The van der Waals surface area contributed by atoms with Gasteiger partial charge in [-0.1, -0.05) is 11.6 Å². The molecule has 1 N–H and O–H groups in total. The molecule has 1 aromatic carbocycles. The fourth-order valence-electron chi connectivity index (χ4n) is 1.81. The Labute approximate surface area is 115 Å². The maximum atomic E-state index is 13.9. The highest BCUT2D eigenvalue weighted by atomic mass is 35.5. The summed E-state index contributed by atoms with van der Waals surface area (Å²) in [6, 6.07) is 4.87. The largest absolute Gasteiger partial charge is 0.436 e. The van der Waals surface area contributed by atoms with Crippen molar-refractivity contribution < 1.29 is 14.2 Å². The summed E-state index contributed by atoms with van der Waals surface area (Å²) in [5.74, 6) is -0.287. The minimum Gasteiger partial charge on any atom is -0.436 e. The Bertz CT molecular complexity index is 593. The number of ether oxygens (including phenoxy) is 1. The molecule has 1 aromatic heterocycles. The van der Waals surface area contributed by atoms with E-state index in [9.17, 15) is 4.39 Å². The van der Waals surface area contributed by atoms with Crippen LogP contribution in [0.1, 0.15) is 16.7 Å². The molecule has 0 amide bonds. The summed E-state index contributed by atoms with van der Waals surface area (Å²) in [6.45, 7) is 3.24. The second-order valence-corrected chi connectivity index (χ2v) is 4.65. The summed E-state index contributed by atoms with van der Waals surface area (Å²) in [5, 5.41) is 9.61. The van der Waals surface area contributed by atoms with Crippen LogP contribution in [0.5, 0.6) is 11.6 Å². The van der Waals surface area contributed by atoms with Gasteiger partial charge in [0.25, 0.3) is 5.88 Å². The average molecular weight is 282 g/mol. The zero-order valence-electron chi connectivity index (χ0n) is 10.6. The van der Waals surface area contributed by atoms with Crippen LogP contribution in [0.25, 0.3) is 0 Å². The van der Waals surface area contributed by atoms with E-state index in [-0.39, 0.29) is 11.4 Å². The van der Waals surface area contributed by atoms with Gasteiger partial charge in [0.15, 0.2) is 5.82 Å². The van der Waals surface area contributed by atoms with Gasteiger partial charge in [-0.05, 0) is 43.2 Å². The van der Waals surface area contributed by atoms with E-state index in [2.05, 4.69) is 4.98 Å². The topological polar surface area (TPSA) is 42.4 Å². The molecule has 5 heteroatoms. The first-order valence-corrected chi connectivity index (χ1v) is 6.09. The van der Waals surface area contributed by atoms with E-state index in [0.717, 1.165) is 11.1 Å². The lowest BCUT2D eigenvalue weighted by molar-refractivity contribution is 0.272. The first-order chi connectivity index (χ1) is 9.02. The molecule has 2 aromatic rings. The van der Waals surface area contributed by atoms with Crippen LogP contribution in [0, 0.1) is 19.7 Å². The number of aliphatic hydroxyl groups excluding tert-OH is 1. The summed E-state index contributed by atoms with van der Waals surface area (Å²) in [5.41, 5.74) is 1.73. The number of halogens is 2. The second-order valence-electron chi connectivity index (χ2n) is 4.22. The van der Waals surface area contributed by atoms with Crippen molar-refractivity contribution in [1.29, 1.82) is 0 Å². The molecule has 1 heterocycles. The second kappa shape index (κ2) is 5.55. The van der Waals surface area contributed by atoms with Crippen LogP contribution >= 0.6 is 11.6 Å². The third-order valence-electron chi connectivity index (χ3n) is 2.73. The molecule has 0 fully saturated rings. The normalized spacial score (nSPS) is 10.6. The summed E-state index contributed by atoms with van der Waals surface area (Å²) in [6.07, 6.45) is 1.39. The number of rotatable bonds is 3. The van der Waals surface area contributed by atoms with Crippen LogP contribution in [0.4, 0.5) is 4.39 Å². The molecule has 0 bridgehead atoms. The minimum atomic E-state index is -0.654. The summed E-state index contributed by atoms with van der Waals surface area (Å²) in [4.78, 5) is 3.85. The average Bonchev–Trinajstić information content (AvgIpc) is 2.35. The van der Waals surface area contributed by atoms with Gasteiger partial charge < -0.3 is 9.84 Å². The standard InChI is InChI=1S/C14H13ClFNO2/c1-8-5-11(15)6-9(2)13(8)19-14-12(16)10(7-18)3-4-17-14/h3-6,18H,7H2,1-2H3. The Morgan fingerprint density at radius 3 is 2.53 bits per heavy atom. The van der Waals surface area contributed by atoms with E-state index in [4.69, 9.17) is 21.4 Å². The monoisotopic (exact) mass is 281 g/mol. The third-order valence-corrected chi connectivity index (χ3v) is 2.95. The molecular weight excluding hydrogens is 269 g/mol. The van der Waals surface area contributed by atoms with Crippen LogP contribution in [0.15, 0.2) is 24.4 Å². The number of nitrogens with zero attached hydrogens (tertiary/aromatic N) is 1. The van der Waals surface area contributed by atoms with Crippen molar-refractivity contribution in [2.45, 2.75) is 20.5 Å². The number of pyridine rings is 1. The van der Waals surface area contributed by atoms with Crippen LogP contribution < -0.4 is 4.74 Å². The Balaban J connectivity index is 2.42. The zero-order valence-corrected chi connectivity index (χ0v) is 11.3. The Morgan fingerprint density at radius 2 is 1.95 bits per heavy atom. The van der Waals surface area contributed by atoms with Gasteiger partial charge in [0.05, 0.1) is 6.61 Å². The first kappa shape index (κ1) is 13.8. The Morgan fingerprint density at radius 1 is 1.32 bits per heavy atom. The highest BCUT2D eigenvalue weighted by Gasteiger charge is 2.14. The van der Waals surface area contributed by atoms with Crippen molar-refractivity contribution in [3.05, 3.63) is 51.9 Å². The number of aliphatic hydroxyl groups is 1. The van der Waals surface area contributed by atoms with Crippen LogP contribution in [-0.2, 0) is 6.61 Å². The number of benzene rings is 1. The van der Waals surface area contributed by atoms with Gasteiger partial charge in [-0.15, -0.1) is 0 Å². The van der Waals surface area contributed by atoms with E-state index in [1.54, 1.807) is 12.1 Å². The molecule has 0 spiro atoms. The molecule has 0 aliphatic heterocycles. The van der Waals surface area contributed by atoms with E-state index in [1.165, 1.54) is 12.3 Å². The van der Waals surface area contributed by atoms with E-state index in [1.807, 2.05) is 13.8 Å². The SMILES string of the molecule is Cc1cc(Cl)cc(C)c1Oc1nccc(CO)c1F. The smallest absolute Gasteiger partial charge is 0.256 e. The van der Waals surface area contributed by atoms with Crippen molar-refractivity contribution in [3.63, 3.8) is 0 Å². The molecule has 0 saturated heterocycles. The molecule has 0 aliphatic rings. The Kier molecular flexibility index (Phi) is 4.02. The van der Waals surface area contributed by atoms with E-state index >= 15 is 0 Å². The van der Waals surface area contributed by atoms with Gasteiger partial charge in [0.1, 0.15) is 5.75 Å². The van der Waals surface area contributed by atoms with Crippen molar-refractivity contribution in [3.8, 4) is 11.6 Å². The highest BCUT2D eigenvalue weighted by molar-refractivity contribution is 6.30. The molecular formula is C14H13ClFNO2. The van der Waals surface area contributed by atoms with Gasteiger partial charge in [-0.3, -0.25) is 0 Å². The maximum absolute atomic E-state index is 13.9. The van der Waals surface area contributed by atoms with Crippen LogP contribution in [0.2, 0.25) is 5.02 Å². The van der Waals surface area contributed by atoms with Gasteiger partial charge in [0, 0.05) is 16.8 Å². The van der Waals surface area contributed by atoms with Gasteiger partial charge in [-0.2, -0.15) is 0 Å². The maximum Gasteiger partial charge on any atom is 0.256 e. The first-order valence-electron chi connectivity index (χ1n) is 5.71. The lowest BCUT2D eigenvalue weighted by Gasteiger charge is -2.12. The summed E-state index contributed by atoms with van der Waals surface area (Å²) in [7, 11) is 0. The van der Waals surface area contributed by atoms with Crippen molar-refractivity contribution in [2.75, 3.05) is 0 Å². The Hall–Kier alpha value is -1.65. The number of hydrogen-bond donors (Lipinski definition) is 1. The highest BCUT2D eigenvalue weighted by Crippen LogP contribution is 2.32. The number of aromatic nitrogens is 1. The van der Waals surface area contributed by atoms with Crippen LogP contribution in [-0.4, -0.2) is 10.1 Å². The summed E-state index contributed by atoms with van der Waals surface area (Å²) < 4.78 is 19.4. The molecule has 3 nitrogen and oxygen atoms in total. The third kappa shape index (κ3) is 2.85.